The van der Waals surface area contributed by atoms with Gasteiger partial charge in [-0.1, -0.05) is 0 Å². The third-order valence-corrected chi connectivity index (χ3v) is 4.93. The number of nitrogens with two attached hydrogens (primary N) is 1. The van der Waals surface area contributed by atoms with Crippen molar-refractivity contribution in [3.8, 4) is 0 Å². The maximum absolute atomic E-state index is 13.0. The molecular formula is C18H22N8O2. The summed E-state index contributed by atoms with van der Waals surface area (Å²) in [6.07, 6.45) is 5.02. The molecule has 1 saturated heterocycles. The fourth-order valence-electron chi connectivity index (χ4n) is 3.49. The second kappa shape index (κ2) is 7.31. The van der Waals surface area contributed by atoms with Crippen molar-refractivity contribution in [1.82, 2.24) is 24.5 Å². The molecule has 0 atom stereocenters. The summed E-state index contributed by atoms with van der Waals surface area (Å²) < 4.78 is 3.26. The van der Waals surface area contributed by atoms with E-state index in [1.165, 1.54) is 10.7 Å². The number of anilines is 3. The predicted octanol–water partition coefficient (Wildman–Crippen LogP) is 0.700. The molecule has 1 fully saturated rings. The molecular weight excluding hydrogens is 360 g/mol. The highest BCUT2D eigenvalue weighted by Crippen LogP contribution is 2.22. The van der Waals surface area contributed by atoms with Crippen LogP contribution in [0, 0.1) is 0 Å². The number of aromatic nitrogens is 4. The van der Waals surface area contributed by atoms with Crippen molar-refractivity contribution in [2.24, 2.45) is 5.73 Å². The monoisotopic (exact) mass is 382 g/mol. The lowest BCUT2D eigenvalue weighted by Gasteiger charge is -2.25. The first-order chi connectivity index (χ1) is 13.6. The Hall–Kier alpha value is -3.40. The van der Waals surface area contributed by atoms with Crippen LogP contribution in [0.3, 0.4) is 0 Å². The maximum atomic E-state index is 13.0. The third-order valence-electron chi connectivity index (χ3n) is 4.93. The van der Waals surface area contributed by atoms with Gasteiger partial charge in [0.2, 0.25) is 0 Å². The molecule has 1 aliphatic rings. The Balaban J connectivity index is 1.73. The maximum Gasteiger partial charge on any atom is 0.274 e. The van der Waals surface area contributed by atoms with Crippen LogP contribution in [-0.4, -0.2) is 45.2 Å². The highest BCUT2D eigenvalue weighted by Gasteiger charge is 2.18. The van der Waals surface area contributed by atoms with E-state index in [0.29, 0.717) is 23.0 Å². The molecule has 0 saturated carbocycles. The van der Waals surface area contributed by atoms with E-state index in [0.717, 1.165) is 25.9 Å². The van der Waals surface area contributed by atoms with Crippen LogP contribution >= 0.6 is 0 Å². The Labute approximate surface area is 160 Å². The lowest BCUT2D eigenvalue weighted by molar-refractivity contribution is 0.100. The minimum Gasteiger partial charge on any atom is -0.373 e. The largest absolute Gasteiger partial charge is 0.373 e. The van der Waals surface area contributed by atoms with Crippen LogP contribution in [0.5, 0.6) is 0 Å². The molecule has 0 spiro atoms. The molecule has 3 aromatic heterocycles. The molecule has 5 N–H and O–H groups in total. The van der Waals surface area contributed by atoms with E-state index in [4.69, 9.17) is 5.73 Å². The molecule has 0 bridgehead atoms. The van der Waals surface area contributed by atoms with Crippen LogP contribution < -0.4 is 27.2 Å². The number of primary amides is 1. The van der Waals surface area contributed by atoms with Gasteiger partial charge in [0, 0.05) is 25.4 Å². The summed E-state index contributed by atoms with van der Waals surface area (Å²) in [6, 6.07) is 5.45. The highest BCUT2D eigenvalue weighted by atomic mass is 16.1. The zero-order chi connectivity index (χ0) is 19.7. The molecule has 10 nitrogen and oxygen atoms in total. The van der Waals surface area contributed by atoms with E-state index >= 15 is 0 Å². The smallest absolute Gasteiger partial charge is 0.274 e. The summed E-state index contributed by atoms with van der Waals surface area (Å²) in [4.78, 5) is 29.0. The predicted molar refractivity (Wildman–Crippen MR) is 106 cm³/mol. The summed E-state index contributed by atoms with van der Waals surface area (Å²) >= 11 is 0. The molecule has 10 heteroatoms. The number of hydrogen-bond acceptors (Lipinski definition) is 7. The van der Waals surface area contributed by atoms with Crippen molar-refractivity contribution in [2.75, 3.05) is 30.8 Å². The molecule has 1 amide bonds. The number of nitrogens with zero attached hydrogens (tertiary/aromatic N) is 4. The van der Waals surface area contributed by atoms with E-state index in [2.05, 4.69) is 26.0 Å². The molecule has 0 aromatic carbocycles. The lowest BCUT2D eigenvalue weighted by Crippen LogP contribution is -2.34. The van der Waals surface area contributed by atoms with Crippen LogP contribution in [0.1, 0.15) is 29.2 Å². The van der Waals surface area contributed by atoms with Gasteiger partial charge in [-0.15, -0.1) is 0 Å². The quantitative estimate of drug-likeness (QED) is 0.511. The number of piperidine rings is 1. The van der Waals surface area contributed by atoms with Gasteiger partial charge in [-0.3, -0.25) is 9.59 Å². The Morgan fingerprint density at radius 2 is 2.14 bits per heavy atom. The van der Waals surface area contributed by atoms with Gasteiger partial charge in [0.05, 0.1) is 6.20 Å². The van der Waals surface area contributed by atoms with Crippen molar-refractivity contribution in [3.63, 3.8) is 0 Å². The van der Waals surface area contributed by atoms with Crippen LogP contribution in [0.15, 0.2) is 35.4 Å². The molecule has 3 aromatic rings. The van der Waals surface area contributed by atoms with E-state index in [-0.39, 0.29) is 17.2 Å². The molecule has 0 aliphatic carbocycles. The third kappa shape index (κ3) is 3.18. The fraction of sp³-hybridized carbons (Fsp3) is 0.333. The molecule has 146 valence electrons. The molecule has 28 heavy (non-hydrogen) atoms. The molecule has 0 radical (unpaired) electrons. The number of carbonyl (C=O) groups excluding carboxylic acids is 1. The average Bonchev–Trinajstić information content (AvgIpc) is 3.14. The van der Waals surface area contributed by atoms with Gasteiger partial charge in [0.1, 0.15) is 22.9 Å². The van der Waals surface area contributed by atoms with E-state index in [1.807, 2.05) is 12.3 Å². The van der Waals surface area contributed by atoms with Gasteiger partial charge in [0.25, 0.3) is 11.5 Å². The first-order valence-corrected chi connectivity index (χ1v) is 9.13. The van der Waals surface area contributed by atoms with Gasteiger partial charge in [-0.05, 0) is 38.1 Å². The Morgan fingerprint density at radius 3 is 2.86 bits per heavy atom. The zero-order valence-corrected chi connectivity index (χ0v) is 15.5. The van der Waals surface area contributed by atoms with Gasteiger partial charge in [-0.25, -0.2) is 4.98 Å². The molecule has 1 aliphatic heterocycles. The average molecular weight is 382 g/mol. The zero-order valence-electron chi connectivity index (χ0n) is 15.5. The molecule has 4 rings (SSSR count). The number of rotatable bonds is 5. The number of nitrogens with one attached hydrogen (secondary N) is 3. The first-order valence-electron chi connectivity index (χ1n) is 9.13. The van der Waals surface area contributed by atoms with Crippen LogP contribution in [0.25, 0.3) is 5.65 Å². The van der Waals surface area contributed by atoms with Crippen LogP contribution in [0.2, 0.25) is 0 Å². The van der Waals surface area contributed by atoms with Gasteiger partial charge < -0.3 is 26.3 Å². The number of amides is 1. The SMILES string of the molecule is CNc1cc(Nc2cccn(C3CCNCC3)c2=O)nc2c(C(N)=O)cnn12. The number of hydrogen-bond donors (Lipinski definition) is 4. The number of fused-ring (bicyclic) bond motifs is 1. The Bertz CT molecular complexity index is 1080. The first kappa shape index (κ1) is 18.0. The normalized spacial score (nSPS) is 14.9. The summed E-state index contributed by atoms with van der Waals surface area (Å²) in [5, 5.41) is 13.5. The van der Waals surface area contributed by atoms with Gasteiger partial charge >= 0.3 is 0 Å². The van der Waals surface area contributed by atoms with Crippen LogP contribution in [0.4, 0.5) is 17.3 Å². The van der Waals surface area contributed by atoms with Crippen molar-refractivity contribution >= 4 is 28.9 Å². The van der Waals surface area contributed by atoms with E-state index in [1.54, 1.807) is 23.7 Å². The Kier molecular flexibility index (Phi) is 4.70. The Morgan fingerprint density at radius 1 is 1.36 bits per heavy atom. The van der Waals surface area contributed by atoms with E-state index in [9.17, 15) is 9.59 Å². The van der Waals surface area contributed by atoms with Crippen LogP contribution in [-0.2, 0) is 0 Å². The van der Waals surface area contributed by atoms with Gasteiger partial charge in [-0.2, -0.15) is 9.61 Å². The topological polar surface area (TPSA) is 131 Å². The molecule has 4 heterocycles. The minimum absolute atomic E-state index is 0.106. The standard InChI is InChI=1S/C18H22N8O2/c1-20-15-9-14(24-17-12(16(19)27)10-22-26(15)17)23-13-3-2-8-25(18(13)28)11-4-6-21-7-5-11/h2-3,8-11,20-21H,4-7H2,1H3,(H2,19,27)(H,23,24). The second-order valence-corrected chi connectivity index (χ2v) is 6.67. The summed E-state index contributed by atoms with van der Waals surface area (Å²) in [5.41, 5.74) is 6.25. The number of pyridine rings is 1. The summed E-state index contributed by atoms with van der Waals surface area (Å²) in [6.45, 7) is 1.80. The van der Waals surface area contributed by atoms with Crippen molar-refractivity contribution in [1.29, 1.82) is 0 Å². The van der Waals surface area contributed by atoms with Crippen molar-refractivity contribution in [3.05, 3.63) is 46.5 Å². The lowest BCUT2D eigenvalue weighted by atomic mass is 10.1. The second-order valence-electron chi connectivity index (χ2n) is 6.67. The number of carbonyl (C=O) groups is 1. The van der Waals surface area contributed by atoms with Gasteiger partial charge in [0.15, 0.2) is 5.65 Å². The minimum atomic E-state index is -0.616. The van der Waals surface area contributed by atoms with Crippen molar-refractivity contribution < 1.29 is 4.79 Å². The van der Waals surface area contributed by atoms with E-state index < -0.39 is 5.91 Å². The summed E-state index contributed by atoms with van der Waals surface area (Å²) in [5.74, 6) is 0.407. The highest BCUT2D eigenvalue weighted by molar-refractivity contribution is 5.98. The summed E-state index contributed by atoms with van der Waals surface area (Å²) in [7, 11) is 1.73. The molecule has 0 unspecified atom stereocenters. The van der Waals surface area contributed by atoms with Crippen molar-refractivity contribution in [2.45, 2.75) is 18.9 Å². The fourth-order valence-corrected chi connectivity index (χ4v) is 3.49.